The minimum atomic E-state index is 0.570. The summed E-state index contributed by atoms with van der Waals surface area (Å²) in [5.41, 5.74) is 20.5. The Labute approximate surface area is 313 Å². The van der Waals surface area contributed by atoms with Crippen molar-refractivity contribution in [3.05, 3.63) is 200 Å². The van der Waals surface area contributed by atoms with E-state index in [1.165, 1.54) is 54.8 Å². The first-order valence-electron chi connectivity index (χ1n) is 18.4. The van der Waals surface area contributed by atoms with Crippen molar-refractivity contribution >= 4 is 60.7 Å². The number of para-hydroxylation sites is 4. The molecule has 0 aliphatic rings. The number of aliphatic imine (C=N–C) groups is 1. The largest absolute Gasteiger partial charge is 0.397 e. The van der Waals surface area contributed by atoms with E-state index >= 15 is 0 Å². The number of rotatable bonds is 7. The summed E-state index contributed by atoms with van der Waals surface area (Å²) in [5, 5.41) is 4.91. The second-order valence-electron chi connectivity index (χ2n) is 13.8. The molecule has 2 heterocycles. The van der Waals surface area contributed by atoms with Gasteiger partial charge in [0.25, 0.3) is 0 Å². The van der Waals surface area contributed by atoms with Crippen LogP contribution >= 0.6 is 0 Å². The number of benzene rings is 8. The molecule has 54 heavy (non-hydrogen) atoms. The highest BCUT2D eigenvalue weighted by molar-refractivity contribution is 6.13. The summed E-state index contributed by atoms with van der Waals surface area (Å²) in [6, 6.07) is 68.9. The van der Waals surface area contributed by atoms with Crippen LogP contribution in [-0.2, 0) is 6.54 Å². The highest BCUT2D eigenvalue weighted by Crippen LogP contribution is 2.38. The average molecular weight is 693 g/mol. The van der Waals surface area contributed by atoms with Crippen LogP contribution in [0.1, 0.15) is 5.56 Å². The van der Waals surface area contributed by atoms with Crippen molar-refractivity contribution in [2.75, 3.05) is 5.73 Å². The van der Waals surface area contributed by atoms with Crippen LogP contribution in [0.3, 0.4) is 0 Å². The minimum absolute atomic E-state index is 0.570. The summed E-state index contributed by atoms with van der Waals surface area (Å²) >= 11 is 0. The number of fused-ring (bicyclic) bond motifs is 6. The quantitative estimate of drug-likeness (QED) is 0.131. The van der Waals surface area contributed by atoms with Gasteiger partial charge in [0.05, 0.1) is 40.2 Å². The van der Waals surface area contributed by atoms with Gasteiger partial charge in [-0.1, -0.05) is 133 Å². The van der Waals surface area contributed by atoms with Gasteiger partial charge in [-0.2, -0.15) is 0 Å². The number of nitrogens with zero attached hydrogens (tertiary/aromatic N) is 3. The molecule has 2 aromatic heterocycles. The average Bonchev–Trinajstić information content (AvgIpc) is 3.73. The van der Waals surface area contributed by atoms with E-state index in [0.717, 1.165) is 33.7 Å². The molecule has 10 rings (SSSR count). The Balaban J connectivity index is 1.16. The predicted molar refractivity (Wildman–Crippen MR) is 228 cm³/mol. The Morgan fingerprint density at radius 3 is 1.74 bits per heavy atom. The fourth-order valence-electron chi connectivity index (χ4n) is 7.97. The van der Waals surface area contributed by atoms with E-state index < -0.39 is 0 Å². The zero-order valence-corrected chi connectivity index (χ0v) is 29.6. The molecule has 0 bridgehead atoms. The molecule has 0 fully saturated rings. The first-order valence-corrected chi connectivity index (χ1v) is 18.4. The Bertz CT molecular complexity index is 3010. The van der Waals surface area contributed by atoms with Crippen molar-refractivity contribution in [3.8, 4) is 27.9 Å². The fraction of sp³-hybridized carbons (Fsp3) is 0.0200. The van der Waals surface area contributed by atoms with E-state index in [-0.39, 0.29) is 0 Å². The first kappa shape index (κ1) is 31.6. The van der Waals surface area contributed by atoms with Crippen LogP contribution in [0.4, 0.5) is 11.4 Å². The highest BCUT2D eigenvalue weighted by Gasteiger charge is 2.18. The Kier molecular flexibility index (Phi) is 7.66. The van der Waals surface area contributed by atoms with Gasteiger partial charge in [0, 0.05) is 32.7 Å². The summed E-state index contributed by atoms with van der Waals surface area (Å²) in [5.74, 6) is 0. The maximum atomic E-state index is 6.44. The monoisotopic (exact) mass is 692 g/mol. The van der Waals surface area contributed by atoms with Crippen molar-refractivity contribution in [1.82, 2.24) is 9.13 Å². The molecule has 0 aliphatic carbocycles. The van der Waals surface area contributed by atoms with E-state index in [1.54, 1.807) is 0 Å². The number of aromatic nitrogens is 2. The van der Waals surface area contributed by atoms with E-state index in [9.17, 15) is 0 Å². The molecule has 0 radical (unpaired) electrons. The van der Waals surface area contributed by atoms with Gasteiger partial charge in [-0.05, 0) is 88.5 Å². The van der Waals surface area contributed by atoms with E-state index in [1.807, 2.05) is 30.3 Å². The lowest BCUT2D eigenvalue weighted by Gasteiger charge is -2.13. The van der Waals surface area contributed by atoms with Crippen LogP contribution in [0.2, 0.25) is 0 Å². The molecule has 2 N–H and O–H groups in total. The van der Waals surface area contributed by atoms with Crippen LogP contribution in [0.25, 0.3) is 71.6 Å². The number of nitrogens with two attached hydrogens (primary N) is 1. The molecular weight excluding hydrogens is 657 g/mol. The molecule has 4 nitrogen and oxygen atoms in total. The van der Waals surface area contributed by atoms with Crippen molar-refractivity contribution < 1.29 is 0 Å². The Hall–Kier alpha value is -7.17. The molecule has 8 aromatic carbocycles. The maximum Gasteiger partial charge on any atom is 0.0863 e. The molecule has 0 saturated carbocycles. The van der Waals surface area contributed by atoms with Gasteiger partial charge >= 0.3 is 0 Å². The molecule has 0 atom stereocenters. The predicted octanol–water partition coefficient (Wildman–Crippen LogP) is 12.6. The van der Waals surface area contributed by atoms with Gasteiger partial charge in [-0.15, -0.1) is 0 Å². The fourth-order valence-corrected chi connectivity index (χ4v) is 7.97. The SMILES string of the molecule is Nc1ccccc1N=C(Cn1c2ccc(-c3ccc4c(c3)c3ccccc3n4-c3ccccc3)cc2c2ccc(-c3ccccc3)cc21)c1ccccc1. The summed E-state index contributed by atoms with van der Waals surface area (Å²) in [4.78, 5) is 5.21. The second-order valence-corrected chi connectivity index (χ2v) is 13.8. The second kappa shape index (κ2) is 13.1. The smallest absolute Gasteiger partial charge is 0.0863 e. The lowest BCUT2D eigenvalue weighted by atomic mass is 9.99. The molecule has 256 valence electrons. The number of hydrogen-bond donors (Lipinski definition) is 1. The minimum Gasteiger partial charge on any atom is -0.397 e. The van der Waals surface area contributed by atoms with Gasteiger partial charge in [-0.3, -0.25) is 0 Å². The third kappa shape index (κ3) is 5.44. The molecule has 0 amide bonds. The number of nitrogen functional groups attached to an aromatic ring is 1. The summed E-state index contributed by atoms with van der Waals surface area (Å²) in [7, 11) is 0. The lowest BCUT2D eigenvalue weighted by Crippen LogP contribution is -2.11. The molecule has 10 aromatic rings. The third-order valence-electron chi connectivity index (χ3n) is 10.6. The molecule has 0 saturated heterocycles. The van der Waals surface area contributed by atoms with Crippen LogP contribution in [0.5, 0.6) is 0 Å². The topological polar surface area (TPSA) is 48.2 Å². The van der Waals surface area contributed by atoms with Crippen molar-refractivity contribution in [2.24, 2.45) is 4.99 Å². The van der Waals surface area contributed by atoms with Gasteiger partial charge in [0.15, 0.2) is 0 Å². The summed E-state index contributed by atoms with van der Waals surface area (Å²) in [6.45, 7) is 0.570. The summed E-state index contributed by atoms with van der Waals surface area (Å²) < 4.78 is 4.78. The van der Waals surface area contributed by atoms with Crippen molar-refractivity contribution in [1.29, 1.82) is 0 Å². The van der Waals surface area contributed by atoms with Crippen molar-refractivity contribution in [2.45, 2.75) is 6.54 Å². The van der Waals surface area contributed by atoms with Crippen LogP contribution in [0, 0.1) is 0 Å². The molecule has 0 unspecified atom stereocenters. The summed E-state index contributed by atoms with van der Waals surface area (Å²) in [6.07, 6.45) is 0. The standard InChI is InChI=1S/C50H36N4/c51-44-21-11-12-22-45(44)52-46(35-16-6-2-7-17-35)33-53-47-28-25-36(30-42(47)41-27-24-38(32-50(41)53)34-14-4-1-5-15-34)37-26-29-49-43(31-37)40-20-10-13-23-48(40)54(49)39-18-8-3-9-19-39/h1-32H,33,51H2. The zero-order chi connectivity index (χ0) is 36.0. The van der Waals surface area contributed by atoms with Gasteiger partial charge in [0.2, 0.25) is 0 Å². The highest BCUT2D eigenvalue weighted by atomic mass is 15.0. The van der Waals surface area contributed by atoms with Crippen LogP contribution in [0.15, 0.2) is 199 Å². The Morgan fingerprint density at radius 1 is 0.426 bits per heavy atom. The Morgan fingerprint density at radius 2 is 0.981 bits per heavy atom. The molecular formula is C50H36N4. The molecule has 4 heteroatoms. The van der Waals surface area contributed by atoms with Crippen LogP contribution < -0.4 is 5.73 Å². The van der Waals surface area contributed by atoms with E-state index in [4.69, 9.17) is 10.7 Å². The van der Waals surface area contributed by atoms with Gasteiger partial charge < -0.3 is 14.9 Å². The van der Waals surface area contributed by atoms with Gasteiger partial charge in [-0.25, -0.2) is 4.99 Å². The van der Waals surface area contributed by atoms with Crippen molar-refractivity contribution in [3.63, 3.8) is 0 Å². The maximum absolute atomic E-state index is 6.44. The first-order chi connectivity index (χ1) is 26.7. The zero-order valence-electron chi connectivity index (χ0n) is 29.6. The number of anilines is 1. The molecule has 0 spiro atoms. The molecule has 0 aliphatic heterocycles. The van der Waals surface area contributed by atoms with E-state index in [0.29, 0.717) is 12.2 Å². The normalized spacial score (nSPS) is 12.0. The lowest BCUT2D eigenvalue weighted by molar-refractivity contribution is 0.934. The number of hydrogen-bond acceptors (Lipinski definition) is 2. The third-order valence-corrected chi connectivity index (χ3v) is 10.6. The van der Waals surface area contributed by atoms with Crippen LogP contribution in [-0.4, -0.2) is 14.8 Å². The van der Waals surface area contributed by atoms with E-state index in [2.05, 4.69) is 173 Å². The van der Waals surface area contributed by atoms with Gasteiger partial charge in [0.1, 0.15) is 0 Å².